The lowest BCUT2D eigenvalue weighted by Gasteiger charge is -2.02. The van der Waals surface area contributed by atoms with E-state index in [1.807, 2.05) is 0 Å². The first-order valence-corrected chi connectivity index (χ1v) is 5.18. The van der Waals surface area contributed by atoms with Gasteiger partial charge in [0.1, 0.15) is 10.9 Å². The fraction of sp³-hybridized carbons (Fsp3) is 0. The van der Waals surface area contributed by atoms with Crippen molar-refractivity contribution in [3.63, 3.8) is 0 Å². The van der Waals surface area contributed by atoms with Gasteiger partial charge < -0.3 is 0 Å². The van der Waals surface area contributed by atoms with E-state index in [9.17, 15) is 10.1 Å². The quantitative estimate of drug-likeness (QED) is 0.482. The smallest absolute Gasteiger partial charge is 0.258 e. The van der Waals surface area contributed by atoms with Gasteiger partial charge >= 0.3 is 0 Å². The Kier molecular flexibility index (Phi) is 2.91. The second-order valence-corrected chi connectivity index (χ2v) is 3.79. The number of hydrogen-bond donors (Lipinski definition) is 0. The van der Waals surface area contributed by atoms with Crippen LogP contribution in [0.5, 0.6) is 0 Å². The molecule has 0 atom stereocenters. The maximum Gasteiger partial charge on any atom is 0.270 e. The predicted octanol–water partition coefficient (Wildman–Crippen LogP) is 2.81. The normalized spacial score (nSPS) is 10.1. The fourth-order valence-electron chi connectivity index (χ4n) is 1.30. The van der Waals surface area contributed by atoms with Gasteiger partial charge in [0, 0.05) is 23.9 Å². The van der Waals surface area contributed by atoms with E-state index < -0.39 is 4.92 Å². The van der Waals surface area contributed by atoms with E-state index in [-0.39, 0.29) is 5.69 Å². The molecule has 0 aliphatic rings. The van der Waals surface area contributed by atoms with Gasteiger partial charge in [0.15, 0.2) is 0 Å². The van der Waals surface area contributed by atoms with Crippen LogP contribution in [0, 0.1) is 10.1 Å². The molecule has 0 aliphatic heterocycles. The molecule has 5 nitrogen and oxygen atoms in total. The van der Waals surface area contributed by atoms with Crippen LogP contribution < -0.4 is 0 Å². The zero-order valence-corrected chi connectivity index (χ0v) is 9.59. The molecule has 16 heavy (non-hydrogen) atoms. The number of benzene rings is 1. The van der Waals surface area contributed by atoms with E-state index in [1.165, 1.54) is 18.5 Å². The van der Waals surface area contributed by atoms with Gasteiger partial charge in [0.05, 0.1) is 4.92 Å². The van der Waals surface area contributed by atoms with Gasteiger partial charge in [-0.2, -0.15) is 0 Å². The summed E-state index contributed by atoms with van der Waals surface area (Å²) in [5.74, 6) is 0. The molecule has 0 bridgehead atoms. The number of nitro benzene ring substituents is 1. The van der Waals surface area contributed by atoms with Crippen LogP contribution in [0.25, 0.3) is 11.1 Å². The summed E-state index contributed by atoms with van der Waals surface area (Å²) >= 11 is 3.27. The SMILES string of the molecule is O=[N+]([O-])c1cccc(-c2cncnc2Br)c1. The first-order chi connectivity index (χ1) is 7.68. The Bertz CT molecular complexity index is 545. The topological polar surface area (TPSA) is 68.9 Å². The molecular formula is C10H6BrN3O2. The summed E-state index contributed by atoms with van der Waals surface area (Å²) < 4.78 is 0.614. The highest BCUT2D eigenvalue weighted by atomic mass is 79.9. The Morgan fingerprint density at radius 1 is 1.38 bits per heavy atom. The Morgan fingerprint density at radius 3 is 2.88 bits per heavy atom. The van der Waals surface area contributed by atoms with Crippen molar-refractivity contribution < 1.29 is 4.92 Å². The Morgan fingerprint density at radius 2 is 2.19 bits per heavy atom. The van der Waals surface area contributed by atoms with Gasteiger partial charge in [0.2, 0.25) is 0 Å². The summed E-state index contributed by atoms with van der Waals surface area (Å²) in [6.45, 7) is 0. The van der Waals surface area contributed by atoms with Crippen LogP contribution in [0.1, 0.15) is 0 Å². The van der Waals surface area contributed by atoms with E-state index >= 15 is 0 Å². The standard InChI is InChI=1S/C10H6BrN3O2/c11-10-9(5-12-6-13-10)7-2-1-3-8(4-7)14(15)16/h1-6H. The molecule has 0 saturated carbocycles. The van der Waals surface area contributed by atoms with Crippen LogP contribution in [0.4, 0.5) is 5.69 Å². The van der Waals surface area contributed by atoms with E-state index in [0.717, 1.165) is 5.56 Å². The lowest BCUT2D eigenvalue weighted by atomic mass is 10.1. The highest BCUT2D eigenvalue weighted by Gasteiger charge is 2.09. The average Bonchev–Trinajstić information content (AvgIpc) is 2.30. The lowest BCUT2D eigenvalue weighted by molar-refractivity contribution is -0.384. The number of nitrogens with zero attached hydrogens (tertiary/aromatic N) is 3. The highest BCUT2D eigenvalue weighted by Crippen LogP contribution is 2.27. The van der Waals surface area contributed by atoms with Crippen molar-refractivity contribution in [1.82, 2.24) is 9.97 Å². The second kappa shape index (κ2) is 4.36. The Labute approximate surface area is 99.4 Å². The molecule has 0 N–H and O–H groups in total. The molecule has 1 aromatic carbocycles. The van der Waals surface area contributed by atoms with E-state index in [2.05, 4.69) is 25.9 Å². The fourth-order valence-corrected chi connectivity index (χ4v) is 1.72. The van der Waals surface area contributed by atoms with Crippen LogP contribution in [-0.2, 0) is 0 Å². The molecule has 80 valence electrons. The number of nitro groups is 1. The Balaban J connectivity index is 2.53. The number of non-ortho nitro benzene ring substituents is 1. The molecule has 0 fully saturated rings. The van der Waals surface area contributed by atoms with E-state index in [1.54, 1.807) is 18.3 Å². The third kappa shape index (κ3) is 2.06. The summed E-state index contributed by atoms with van der Waals surface area (Å²) in [5, 5.41) is 10.6. The summed E-state index contributed by atoms with van der Waals surface area (Å²) in [6.07, 6.45) is 3.01. The second-order valence-electron chi connectivity index (χ2n) is 3.03. The van der Waals surface area contributed by atoms with Crippen molar-refractivity contribution >= 4 is 21.6 Å². The predicted molar refractivity (Wildman–Crippen MR) is 61.8 cm³/mol. The van der Waals surface area contributed by atoms with Gasteiger partial charge in [0.25, 0.3) is 5.69 Å². The molecular weight excluding hydrogens is 274 g/mol. The molecule has 0 amide bonds. The molecule has 6 heteroatoms. The largest absolute Gasteiger partial charge is 0.270 e. The minimum Gasteiger partial charge on any atom is -0.258 e. The number of hydrogen-bond acceptors (Lipinski definition) is 4. The molecule has 0 radical (unpaired) electrons. The van der Waals surface area contributed by atoms with Gasteiger partial charge in [-0.05, 0) is 21.5 Å². The van der Waals surface area contributed by atoms with E-state index in [0.29, 0.717) is 10.2 Å². The molecule has 0 saturated heterocycles. The van der Waals surface area contributed by atoms with Crippen LogP contribution in [-0.4, -0.2) is 14.9 Å². The van der Waals surface area contributed by atoms with E-state index in [4.69, 9.17) is 0 Å². The third-order valence-corrected chi connectivity index (χ3v) is 2.66. The molecule has 0 unspecified atom stereocenters. The van der Waals surface area contributed by atoms with Gasteiger partial charge in [-0.15, -0.1) is 0 Å². The summed E-state index contributed by atoms with van der Waals surface area (Å²) in [7, 11) is 0. The maximum absolute atomic E-state index is 10.6. The molecule has 1 aromatic heterocycles. The van der Waals surface area contributed by atoms with Gasteiger partial charge in [-0.1, -0.05) is 12.1 Å². The average molecular weight is 280 g/mol. The highest BCUT2D eigenvalue weighted by molar-refractivity contribution is 9.10. The lowest BCUT2D eigenvalue weighted by Crippen LogP contribution is -1.90. The van der Waals surface area contributed by atoms with Crippen molar-refractivity contribution in [2.75, 3.05) is 0 Å². The number of rotatable bonds is 2. The monoisotopic (exact) mass is 279 g/mol. The molecule has 1 heterocycles. The minimum absolute atomic E-state index is 0.0493. The minimum atomic E-state index is -0.429. The van der Waals surface area contributed by atoms with Gasteiger partial charge in [-0.25, -0.2) is 9.97 Å². The first kappa shape index (κ1) is 10.7. The first-order valence-electron chi connectivity index (χ1n) is 4.39. The van der Waals surface area contributed by atoms with Crippen LogP contribution >= 0.6 is 15.9 Å². The number of aromatic nitrogens is 2. The summed E-state index contributed by atoms with van der Waals surface area (Å²) in [5.41, 5.74) is 1.49. The van der Waals surface area contributed by atoms with Crippen molar-refractivity contribution in [3.05, 3.63) is 51.5 Å². The van der Waals surface area contributed by atoms with Crippen molar-refractivity contribution in [1.29, 1.82) is 0 Å². The van der Waals surface area contributed by atoms with Crippen LogP contribution in [0.2, 0.25) is 0 Å². The molecule has 2 aromatic rings. The zero-order chi connectivity index (χ0) is 11.5. The zero-order valence-electron chi connectivity index (χ0n) is 8.00. The molecule has 0 aliphatic carbocycles. The maximum atomic E-state index is 10.6. The van der Waals surface area contributed by atoms with Crippen molar-refractivity contribution in [2.45, 2.75) is 0 Å². The van der Waals surface area contributed by atoms with Crippen molar-refractivity contribution in [2.24, 2.45) is 0 Å². The third-order valence-electron chi connectivity index (χ3n) is 2.03. The Hall–Kier alpha value is -1.82. The summed E-state index contributed by atoms with van der Waals surface area (Å²) in [4.78, 5) is 18.1. The molecule has 2 rings (SSSR count). The van der Waals surface area contributed by atoms with Crippen molar-refractivity contribution in [3.8, 4) is 11.1 Å². The van der Waals surface area contributed by atoms with Crippen LogP contribution in [0.3, 0.4) is 0 Å². The molecule has 0 spiro atoms. The number of halogens is 1. The summed E-state index contributed by atoms with van der Waals surface area (Å²) in [6, 6.07) is 6.34. The van der Waals surface area contributed by atoms with Crippen LogP contribution in [0.15, 0.2) is 41.4 Å². The van der Waals surface area contributed by atoms with Gasteiger partial charge in [-0.3, -0.25) is 10.1 Å².